The second-order valence-corrected chi connectivity index (χ2v) is 20.6. The van der Waals surface area contributed by atoms with Crippen LogP contribution in [0.3, 0.4) is 0 Å². The highest BCUT2D eigenvalue weighted by molar-refractivity contribution is 5.71. The molecule has 0 saturated heterocycles. The van der Waals surface area contributed by atoms with Crippen LogP contribution in [-0.4, -0.2) is 37.2 Å². The molecule has 0 N–H and O–H groups in total. The molecule has 452 valence electrons. The van der Waals surface area contributed by atoms with Crippen molar-refractivity contribution in [3.63, 3.8) is 0 Å². The maximum Gasteiger partial charge on any atom is 0.306 e. The van der Waals surface area contributed by atoms with E-state index in [2.05, 4.69) is 203 Å². The number of carbonyl (C=O) groups excluding carboxylic acids is 3. The fraction of sp³-hybridized carbons (Fsp3) is 0.560. The third-order valence-corrected chi connectivity index (χ3v) is 12.9. The van der Waals surface area contributed by atoms with Crippen LogP contribution in [0.15, 0.2) is 182 Å². The average molecular weight is 1110 g/mol. The average Bonchev–Trinajstić information content (AvgIpc) is 3.47. The van der Waals surface area contributed by atoms with E-state index in [0.717, 1.165) is 167 Å². The standard InChI is InChI=1S/C75H116O6/c1-4-7-10-13-16-19-21-23-25-27-29-30-31-32-33-34-35-36-37-38-39-40-41-42-43-44-46-47-49-51-53-56-59-62-65-68-74(77)80-71-72(70-79-73(76)67-64-61-58-55-18-15-12-9-6-3)81-75(78)69-66-63-60-57-54-52-50-48-45-28-26-24-22-20-17-14-11-8-5-2/h7-8,10-11,16-17,19-20,23-26,29-30,32-33,35-36,38-39,41-42,44-46,48-49,51-52,54,72H,4-6,9,12-15,18,21-22,27-28,31,34,37,40,43,47,50,53,55-71H2,1-3H3/b10-7-,11-8-,19-16-,20-17-,25-23-,26-24-,30-29-,33-32-,36-35-,39-38-,42-41-,46-44-,48-45-,51-49-,54-52-. The molecule has 0 bridgehead atoms. The van der Waals surface area contributed by atoms with Gasteiger partial charge in [-0.1, -0.05) is 274 Å². The Morgan fingerprint density at radius 1 is 0.259 bits per heavy atom. The number of rotatable bonds is 56. The topological polar surface area (TPSA) is 78.9 Å². The second-order valence-electron chi connectivity index (χ2n) is 20.6. The number of unbranched alkanes of at least 4 members (excludes halogenated alkanes) is 15. The molecule has 0 aliphatic carbocycles. The highest BCUT2D eigenvalue weighted by Crippen LogP contribution is 2.13. The van der Waals surface area contributed by atoms with Gasteiger partial charge in [-0.05, 0) is 141 Å². The summed E-state index contributed by atoms with van der Waals surface area (Å²) in [4.78, 5) is 38.2. The summed E-state index contributed by atoms with van der Waals surface area (Å²) in [7, 11) is 0. The zero-order chi connectivity index (χ0) is 58.5. The number of carbonyl (C=O) groups is 3. The SMILES string of the molecule is CC/C=C\C/C=C\C/C=C\C/C=C\C/C=C\C/C=C\C/C=C\C/C=C\C/C=C\C/C=C\CCCCCCC(=O)OCC(COC(=O)CCCCCCCCCCC)OC(=O)CCCCC/C=C\C/C=C\C/C=C\C/C=C\C/C=C\CC. The van der Waals surface area contributed by atoms with Gasteiger partial charge in [0.1, 0.15) is 13.2 Å². The van der Waals surface area contributed by atoms with Gasteiger partial charge in [-0.2, -0.15) is 0 Å². The van der Waals surface area contributed by atoms with Crippen LogP contribution in [0.25, 0.3) is 0 Å². The van der Waals surface area contributed by atoms with Crippen LogP contribution in [0.5, 0.6) is 0 Å². The monoisotopic (exact) mass is 1110 g/mol. The molecular weight excluding hydrogens is 997 g/mol. The molecule has 1 unspecified atom stereocenters. The third kappa shape index (κ3) is 65.2. The Hall–Kier alpha value is -5.49. The molecule has 0 fully saturated rings. The van der Waals surface area contributed by atoms with E-state index in [0.29, 0.717) is 19.3 Å². The normalized spacial score (nSPS) is 13.4. The number of ether oxygens (including phenoxy) is 3. The van der Waals surface area contributed by atoms with Crippen LogP contribution in [0.2, 0.25) is 0 Å². The molecule has 0 spiro atoms. The Morgan fingerprint density at radius 2 is 0.481 bits per heavy atom. The van der Waals surface area contributed by atoms with Gasteiger partial charge in [0.2, 0.25) is 0 Å². The molecule has 81 heavy (non-hydrogen) atoms. The molecule has 0 aromatic carbocycles. The Morgan fingerprint density at radius 3 is 0.765 bits per heavy atom. The molecule has 0 amide bonds. The Bertz CT molecular complexity index is 1900. The van der Waals surface area contributed by atoms with Crippen molar-refractivity contribution in [3.8, 4) is 0 Å². The molecule has 0 saturated carbocycles. The van der Waals surface area contributed by atoms with Crippen molar-refractivity contribution in [2.24, 2.45) is 0 Å². The van der Waals surface area contributed by atoms with Gasteiger partial charge in [0.05, 0.1) is 0 Å². The molecule has 0 heterocycles. The summed E-state index contributed by atoms with van der Waals surface area (Å²) in [5.74, 6) is -0.976. The van der Waals surface area contributed by atoms with E-state index in [9.17, 15) is 14.4 Å². The Kier molecular flexibility index (Phi) is 62.5. The first-order valence-corrected chi connectivity index (χ1v) is 32.3. The molecule has 0 radical (unpaired) electrons. The second kappa shape index (κ2) is 67.0. The lowest BCUT2D eigenvalue weighted by molar-refractivity contribution is -0.167. The molecule has 1 atom stereocenters. The van der Waals surface area contributed by atoms with Crippen LogP contribution in [0.1, 0.15) is 252 Å². The lowest BCUT2D eigenvalue weighted by atomic mass is 10.1. The minimum absolute atomic E-state index is 0.106. The quantitative estimate of drug-likeness (QED) is 0.0261. The Labute approximate surface area is 497 Å². The van der Waals surface area contributed by atoms with Gasteiger partial charge < -0.3 is 14.2 Å². The smallest absolute Gasteiger partial charge is 0.306 e. The number of hydrogen-bond acceptors (Lipinski definition) is 6. The van der Waals surface area contributed by atoms with Crippen molar-refractivity contribution in [3.05, 3.63) is 182 Å². The van der Waals surface area contributed by atoms with Gasteiger partial charge in [0.25, 0.3) is 0 Å². The van der Waals surface area contributed by atoms with Gasteiger partial charge in [-0.3, -0.25) is 14.4 Å². The maximum absolute atomic E-state index is 12.9. The predicted octanol–water partition coefficient (Wildman–Crippen LogP) is 22.4. The number of hydrogen-bond donors (Lipinski definition) is 0. The van der Waals surface area contributed by atoms with Crippen molar-refractivity contribution >= 4 is 17.9 Å². The summed E-state index contributed by atoms with van der Waals surface area (Å²) in [5, 5.41) is 0. The van der Waals surface area contributed by atoms with Crippen LogP contribution in [-0.2, 0) is 28.6 Å². The summed E-state index contributed by atoms with van der Waals surface area (Å²) in [6.07, 6.45) is 101. The van der Waals surface area contributed by atoms with Gasteiger partial charge in [-0.15, -0.1) is 0 Å². The number of esters is 3. The van der Waals surface area contributed by atoms with E-state index < -0.39 is 6.10 Å². The van der Waals surface area contributed by atoms with Crippen LogP contribution < -0.4 is 0 Å². The molecule has 0 aromatic rings. The van der Waals surface area contributed by atoms with E-state index >= 15 is 0 Å². The molecule has 0 aliphatic rings. The fourth-order valence-corrected chi connectivity index (χ4v) is 8.14. The van der Waals surface area contributed by atoms with Crippen LogP contribution >= 0.6 is 0 Å². The van der Waals surface area contributed by atoms with E-state index in [-0.39, 0.29) is 37.5 Å². The predicted molar refractivity (Wildman–Crippen MR) is 352 cm³/mol. The molecule has 0 rings (SSSR count). The third-order valence-electron chi connectivity index (χ3n) is 12.9. The largest absolute Gasteiger partial charge is 0.462 e. The first kappa shape index (κ1) is 75.5. The summed E-state index contributed by atoms with van der Waals surface area (Å²) >= 11 is 0. The summed E-state index contributed by atoms with van der Waals surface area (Å²) < 4.78 is 16.8. The van der Waals surface area contributed by atoms with Gasteiger partial charge in [0.15, 0.2) is 6.10 Å². The lowest BCUT2D eigenvalue weighted by Crippen LogP contribution is -2.30. The van der Waals surface area contributed by atoms with E-state index in [1.54, 1.807) is 0 Å². The zero-order valence-electron chi connectivity index (χ0n) is 51.7. The highest BCUT2D eigenvalue weighted by atomic mass is 16.6. The van der Waals surface area contributed by atoms with E-state index in [1.165, 1.54) is 38.5 Å². The summed E-state index contributed by atoms with van der Waals surface area (Å²) in [6, 6.07) is 0. The van der Waals surface area contributed by atoms with Crippen molar-refractivity contribution in [2.75, 3.05) is 13.2 Å². The molecule has 0 aromatic heterocycles. The van der Waals surface area contributed by atoms with E-state index in [4.69, 9.17) is 14.2 Å². The van der Waals surface area contributed by atoms with Crippen LogP contribution in [0.4, 0.5) is 0 Å². The van der Waals surface area contributed by atoms with Crippen molar-refractivity contribution in [1.29, 1.82) is 0 Å². The Balaban J connectivity index is 4.33. The zero-order valence-corrected chi connectivity index (χ0v) is 51.7. The van der Waals surface area contributed by atoms with E-state index in [1.807, 2.05) is 0 Å². The minimum atomic E-state index is -0.814. The van der Waals surface area contributed by atoms with Crippen molar-refractivity contribution in [1.82, 2.24) is 0 Å². The highest BCUT2D eigenvalue weighted by Gasteiger charge is 2.19. The number of allylic oxidation sites excluding steroid dienone is 30. The minimum Gasteiger partial charge on any atom is -0.462 e. The molecule has 0 aliphatic heterocycles. The van der Waals surface area contributed by atoms with Gasteiger partial charge in [0, 0.05) is 19.3 Å². The van der Waals surface area contributed by atoms with Gasteiger partial charge >= 0.3 is 17.9 Å². The van der Waals surface area contributed by atoms with Crippen molar-refractivity contribution < 1.29 is 28.6 Å². The molecule has 6 heteroatoms. The first-order chi connectivity index (χ1) is 40.0. The van der Waals surface area contributed by atoms with Gasteiger partial charge in [-0.25, -0.2) is 0 Å². The summed E-state index contributed by atoms with van der Waals surface area (Å²) in [5.41, 5.74) is 0. The fourth-order valence-electron chi connectivity index (χ4n) is 8.14. The molecule has 6 nitrogen and oxygen atoms in total. The first-order valence-electron chi connectivity index (χ1n) is 32.3. The summed E-state index contributed by atoms with van der Waals surface area (Å²) in [6.45, 7) is 6.33. The maximum atomic E-state index is 12.9. The van der Waals surface area contributed by atoms with Crippen LogP contribution in [0, 0.1) is 0 Å². The van der Waals surface area contributed by atoms with Crippen molar-refractivity contribution in [2.45, 2.75) is 258 Å². The lowest BCUT2D eigenvalue weighted by Gasteiger charge is -2.18. The molecular formula is C75H116O6.